The fourth-order valence-electron chi connectivity index (χ4n) is 1.32. The average Bonchev–Trinajstić information content (AvgIpc) is 2.29. The number of benzene rings is 1. The standard InChI is InChI=1S/C13H18O3S/c1-5-15-12(14)13(2,3)16-10-8-6-7-9-11(10)17-4/h6-9H,5H2,1-4H3. The molecule has 0 aliphatic heterocycles. The predicted octanol–water partition coefficient (Wildman–Crippen LogP) is 3.13. The summed E-state index contributed by atoms with van der Waals surface area (Å²) in [5.74, 6) is 0.356. The molecule has 17 heavy (non-hydrogen) atoms. The molecule has 0 aliphatic carbocycles. The predicted molar refractivity (Wildman–Crippen MR) is 69.6 cm³/mol. The highest BCUT2D eigenvalue weighted by molar-refractivity contribution is 7.98. The number of hydrogen-bond acceptors (Lipinski definition) is 4. The number of esters is 1. The molecule has 0 aromatic heterocycles. The molecule has 4 heteroatoms. The van der Waals surface area contributed by atoms with Gasteiger partial charge in [-0.2, -0.15) is 0 Å². The molecule has 3 nitrogen and oxygen atoms in total. The summed E-state index contributed by atoms with van der Waals surface area (Å²) in [6.07, 6.45) is 1.97. The number of para-hydroxylation sites is 1. The van der Waals surface area contributed by atoms with Crippen LogP contribution in [0, 0.1) is 0 Å². The molecule has 1 aromatic rings. The first-order valence-corrected chi connectivity index (χ1v) is 6.73. The number of carbonyl (C=O) groups is 1. The molecule has 0 fully saturated rings. The van der Waals surface area contributed by atoms with E-state index in [1.165, 1.54) is 0 Å². The van der Waals surface area contributed by atoms with E-state index >= 15 is 0 Å². The Morgan fingerprint density at radius 3 is 2.59 bits per heavy atom. The molecule has 0 N–H and O–H groups in total. The topological polar surface area (TPSA) is 35.5 Å². The lowest BCUT2D eigenvalue weighted by Gasteiger charge is -2.25. The molecule has 0 radical (unpaired) electrons. The zero-order valence-corrected chi connectivity index (χ0v) is 11.5. The number of hydrogen-bond donors (Lipinski definition) is 0. The van der Waals surface area contributed by atoms with Crippen LogP contribution in [0.25, 0.3) is 0 Å². The molecule has 0 spiro atoms. The van der Waals surface area contributed by atoms with Crippen molar-refractivity contribution in [1.82, 2.24) is 0 Å². The Labute approximate surface area is 106 Å². The first-order chi connectivity index (χ1) is 8.01. The molecular formula is C13H18O3S. The maximum absolute atomic E-state index is 11.7. The molecule has 0 atom stereocenters. The van der Waals surface area contributed by atoms with Crippen molar-refractivity contribution in [3.63, 3.8) is 0 Å². The highest BCUT2D eigenvalue weighted by Gasteiger charge is 2.32. The van der Waals surface area contributed by atoms with Gasteiger partial charge in [-0.3, -0.25) is 0 Å². The number of thioether (sulfide) groups is 1. The van der Waals surface area contributed by atoms with Crippen molar-refractivity contribution in [1.29, 1.82) is 0 Å². The average molecular weight is 254 g/mol. The third-order valence-corrected chi connectivity index (χ3v) is 2.98. The van der Waals surface area contributed by atoms with Crippen LogP contribution in [-0.2, 0) is 9.53 Å². The number of ether oxygens (including phenoxy) is 2. The summed E-state index contributed by atoms with van der Waals surface area (Å²) in [5, 5.41) is 0. The maximum atomic E-state index is 11.7. The van der Waals surface area contributed by atoms with Crippen LogP contribution in [0.2, 0.25) is 0 Å². The molecule has 0 aliphatic rings. The van der Waals surface area contributed by atoms with Gasteiger partial charge in [0.05, 0.1) is 6.61 Å². The normalized spacial score (nSPS) is 11.1. The van der Waals surface area contributed by atoms with Gasteiger partial charge in [0.2, 0.25) is 0 Å². The van der Waals surface area contributed by atoms with Crippen LogP contribution in [0.3, 0.4) is 0 Å². The van der Waals surface area contributed by atoms with Crippen molar-refractivity contribution in [2.75, 3.05) is 12.9 Å². The fraction of sp³-hybridized carbons (Fsp3) is 0.462. The molecule has 0 saturated heterocycles. The third kappa shape index (κ3) is 3.66. The van der Waals surface area contributed by atoms with Gasteiger partial charge in [-0.15, -0.1) is 11.8 Å². The van der Waals surface area contributed by atoms with Crippen LogP contribution in [-0.4, -0.2) is 24.4 Å². The van der Waals surface area contributed by atoms with E-state index in [-0.39, 0.29) is 5.97 Å². The first kappa shape index (κ1) is 13.9. The van der Waals surface area contributed by atoms with E-state index in [1.54, 1.807) is 32.5 Å². The van der Waals surface area contributed by atoms with Crippen molar-refractivity contribution >= 4 is 17.7 Å². The molecule has 0 unspecified atom stereocenters. The minimum absolute atomic E-state index is 0.351. The van der Waals surface area contributed by atoms with Gasteiger partial charge in [-0.05, 0) is 39.2 Å². The van der Waals surface area contributed by atoms with E-state index in [9.17, 15) is 4.79 Å². The molecule has 0 bridgehead atoms. The summed E-state index contributed by atoms with van der Waals surface area (Å²) in [6, 6.07) is 7.64. The highest BCUT2D eigenvalue weighted by atomic mass is 32.2. The minimum atomic E-state index is -0.970. The molecular weight excluding hydrogens is 236 g/mol. The second kappa shape index (κ2) is 5.96. The van der Waals surface area contributed by atoms with Crippen LogP contribution in [0.4, 0.5) is 0 Å². The van der Waals surface area contributed by atoms with E-state index in [0.29, 0.717) is 12.4 Å². The Morgan fingerprint density at radius 2 is 2.00 bits per heavy atom. The zero-order valence-electron chi connectivity index (χ0n) is 10.6. The lowest BCUT2D eigenvalue weighted by molar-refractivity contribution is -0.158. The van der Waals surface area contributed by atoms with Crippen molar-refractivity contribution in [3.05, 3.63) is 24.3 Å². The minimum Gasteiger partial charge on any atom is -0.475 e. The van der Waals surface area contributed by atoms with Gasteiger partial charge in [0.15, 0.2) is 5.60 Å². The maximum Gasteiger partial charge on any atom is 0.349 e. The molecule has 0 heterocycles. The smallest absolute Gasteiger partial charge is 0.349 e. The largest absolute Gasteiger partial charge is 0.475 e. The summed E-state index contributed by atoms with van der Waals surface area (Å²) in [4.78, 5) is 12.7. The van der Waals surface area contributed by atoms with Crippen LogP contribution in [0.15, 0.2) is 29.2 Å². The molecule has 1 rings (SSSR count). The van der Waals surface area contributed by atoms with Gasteiger partial charge in [-0.1, -0.05) is 12.1 Å². The quantitative estimate of drug-likeness (QED) is 0.597. The Bertz CT molecular complexity index is 388. The number of carbonyl (C=O) groups excluding carboxylic acids is 1. The van der Waals surface area contributed by atoms with Gasteiger partial charge >= 0.3 is 5.97 Å². The van der Waals surface area contributed by atoms with E-state index in [4.69, 9.17) is 9.47 Å². The lowest BCUT2D eigenvalue weighted by Crippen LogP contribution is -2.39. The van der Waals surface area contributed by atoms with Crippen molar-refractivity contribution in [2.24, 2.45) is 0 Å². The summed E-state index contributed by atoms with van der Waals surface area (Å²) in [7, 11) is 0. The summed E-state index contributed by atoms with van der Waals surface area (Å²) in [5.41, 5.74) is -0.970. The molecule has 0 saturated carbocycles. The highest BCUT2D eigenvalue weighted by Crippen LogP contribution is 2.30. The zero-order chi connectivity index (χ0) is 12.9. The SMILES string of the molecule is CCOC(=O)C(C)(C)Oc1ccccc1SC. The second-order valence-corrected chi connectivity index (χ2v) is 4.83. The van der Waals surface area contributed by atoms with E-state index in [0.717, 1.165) is 4.90 Å². The van der Waals surface area contributed by atoms with Crippen LogP contribution in [0.1, 0.15) is 20.8 Å². The monoisotopic (exact) mass is 254 g/mol. The second-order valence-electron chi connectivity index (χ2n) is 3.98. The van der Waals surface area contributed by atoms with E-state index in [1.807, 2.05) is 30.5 Å². The fourth-order valence-corrected chi connectivity index (χ4v) is 1.85. The Balaban J connectivity index is 2.85. The van der Waals surface area contributed by atoms with Gasteiger partial charge < -0.3 is 9.47 Å². The van der Waals surface area contributed by atoms with Gasteiger partial charge in [-0.25, -0.2) is 4.79 Å². The van der Waals surface area contributed by atoms with Crippen molar-refractivity contribution in [3.8, 4) is 5.75 Å². The molecule has 0 amide bonds. The Morgan fingerprint density at radius 1 is 1.35 bits per heavy atom. The van der Waals surface area contributed by atoms with Crippen molar-refractivity contribution < 1.29 is 14.3 Å². The van der Waals surface area contributed by atoms with Crippen LogP contribution in [0.5, 0.6) is 5.75 Å². The molecule has 1 aromatic carbocycles. The summed E-state index contributed by atoms with van der Waals surface area (Å²) >= 11 is 1.58. The first-order valence-electron chi connectivity index (χ1n) is 5.50. The van der Waals surface area contributed by atoms with E-state index in [2.05, 4.69) is 0 Å². The van der Waals surface area contributed by atoms with Gasteiger partial charge in [0.25, 0.3) is 0 Å². The summed E-state index contributed by atoms with van der Waals surface area (Å²) < 4.78 is 10.7. The number of rotatable bonds is 5. The third-order valence-electron chi connectivity index (χ3n) is 2.20. The van der Waals surface area contributed by atoms with Crippen LogP contribution >= 0.6 is 11.8 Å². The van der Waals surface area contributed by atoms with Crippen molar-refractivity contribution in [2.45, 2.75) is 31.3 Å². The van der Waals surface area contributed by atoms with E-state index < -0.39 is 5.60 Å². The Hall–Kier alpha value is -1.16. The Kier molecular flexibility index (Phi) is 4.87. The summed E-state index contributed by atoms with van der Waals surface area (Å²) in [6.45, 7) is 5.56. The van der Waals surface area contributed by atoms with Crippen LogP contribution < -0.4 is 4.74 Å². The van der Waals surface area contributed by atoms with Gasteiger partial charge in [0.1, 0.15) is 5.75 Å². The van der Waals surface area contributed by atoms with Gasteiger partial charge in [0, 0.05) is 4.90 Å². The lowest BCUT2D eigenvalue weighted by atomic mass is 10.1. The molecule has 94 valence electrons.